The first kappa shape index (κ1) is 19.8. The van der Waals surface area contributed by atoms with Crippen LogP contribution in [0.3, 0.4) is 0 Å². The lowest BCUT2D eigenvalue weighted by atomic mass is 10.0. The Morgan fingerprint density at radius 2 is 1.82 bits per heavy atom. The van der Waals surface area contributed by atoms with E-state index < -0.39 is 0 Å². The van der Waals surface area contributed by atoms with Gasteiger partial charge in [-0.05, 0) is 67.0 Å². The summed E-state index contributed by atoms with van der Waals surface area (Å²) in [5.74, 6) is 0. The monoisotopic (exact) mass is 450 g/mol. The fraction of sp³-hybridized carbons (Fsp3) is 0.115. The Balaban J connectivity index is 1.45. The second-order valence-electron chi connectivity index (χ2n) is 8.43. The molecule has 0 atom stereocenters. The van der Waals surface area contributed by atoms with Gasteiger partial charge in [0.2, 0.25) is 0 Å². The quantitative estimate of drug-likeness (QED) is 0.340. The van der Waals surface area contributed by atoms with Crippen molar-refractivity contribution in [1.29, 1.82) is 0 Å². The topological polar surface area (TPSA) is 73.5 Å². The largest absolute Gasteiger partial charge is 0.353 e. The Hall–Kier alpha value is -3.81. The second-order valence-corrected chi connectivity index (χ2v) is 9.38. The van der Waals surface area contributed by atoms with Crippen molar-refractivity contribution in [2.75, 3.05) is 14.1 Å². The van der Waals surface area contributed by atoms with Gasteiger partial charge >= 0.3 is 0 Å². The second kappa shape index (κ2) is 7.95. The summed E-state index contributed by atoms with van der Waals surface area (Å²) in [6, 6.07) is 16.9. The van der Waals surface area contributed by atoms with Gasteiger partial charge in [-0.2, -0.15) is 5.10 Å². The molecular weight excluding hydrogens is 428 g/mol. The molecule has 0 aliphatic carbocycles. The molecule has 0 spiro atoms. The maximum Gasteiger partial charge on any atom is 0.116 e. The highest BCUT2D eigenvalue weighted by molar-refractivity contribution is 7.13. The van der Waals surface area contributed by atoms with Gasteiger partial charge < -0.3 is 9.88 Å². The number of aromatic nitrogens is 5. The van der Waals surface area contributed by atoms with E-state index in [1.807, 2.05) is 24.7 Å². The molecule has 2 N–H and O–H groups in total. The van der Waals surface area contributed by atoms with Crippen molar-refractivity contribution in [2.24, 2.45) is 0 Å². The number of H-pyrrole nitrogens is 2. The number of hydrogen-bond donors (Lipinski definition) is 2. The predicted molar refractivity (Wildman–Crippen MR) is 135 cm³/mol. The third kappa shape index (κ3) is 3.61. The van der Waals surface area contributed by atoms with Crippen molar-refractivity contribution < 1.29 is 0 Å². The fourth-order valence-corrected chi connectivity index (χ4v) is 5.02. The van der Waals surface area contributed by atoms with Crippen LogP contribution in [0, 0.1) is 0 Å². The van der Waals surface area contributed by atoms with E-state index in [-0.39, 0.29) is 0 Å². The van der Waals surface area contributed by atoms with E-state index in [0.717, 1.165) is 61.4 Å². The van der Waals surface area contributed by atoms with Crippen LogP contribution in [0.2, 0.25) is 0 Å². The molecule has 0 unspecified atom stereocenters. The zero-order chi connectivity index (χ0) is 22.4. The van der Waals surface area contributed by atoms with Crippen molar-refractivity contribution in [3.05, 3.63) is 78.1 Å². The highest BCUT2D eigenvalue weighted by atomic mass is 32.1. The number of thiophene rings is 1. The molecule has 0 fully saturated rings. The van der Waals surface area contributed by atoms with E-state index in [2.05, 4.69) is 92.0 Å². The first-order valence-corrected chi connectivity index (χ1v) is 11.6. The molecule has 6 aromatic rings. The number of hydrogen-bond acceptors (Lipinski definition) is 5. The summed E-state index contributed by atoms with van der Waals surface area (Å²) in [6.07, 6.45) is 5.70. The van der Waals surface area contributed by atoms with Crippen molar-refractivity contribution in [2.45, 2.75) is 6.54 Å². The number of rotatable bonds is 5. The van der Waals surface area contributed by atoms with Gasteiger partial charge in [-0.3, -0.25) is 15.1 Å². The van der Waals surface area contributed by atoms with E-state index in [0.29, 0.717) is 0 Å². The molecule has 1 aromatic carbocycles. The molecule has 6 rings (SSSR count). The third-order valence-corrected chi connectivity index (χ3v) is 6.62. The third-order valence-electron chi connectivity index (χ3n) is 5.75. The molecule has 7 heteroatoms. The standard InChI is InChI=1S/C26H22N6S/c1-32(2)15-16-10-18(14-27-13-16)17-5-6-22-19(11-17)25(31-30-22)23-12-20-21(29-23)7-8-28-26(20)24-4-3-9-33-24/h3-14,29H,15H2,1-2H3,(H,30,31). The highest BCUT2D eigenvalue weighted by Crippen LogP contribution is 2.35. The average molecular weight is 451 g/mol. The first-order valence-electron chi connectivity index (χ1n) is 10.7. The SMILES string of the molecule is CN(C)Cc1cncc(-c2ccc3[nH]nc(-c4cc5c(-c6cccs6)nccc5[nH]4)c3c2)c1. The number of nitrogens with one attached hydrogen (secondary N) is 2. The average Bonchev–Trinajstić information content (AvgIpc) is 3.57. The summed E-state index contributed by atoms with van der Waals surface area (Å²) in [4.78, 5) is 16.0. The predicted octanol–water partition coefficient (Wildman–Crippen LogP) is 5.96. The van der Waals surface area contributed by atoms with Gasteiger partial charge in [0.1, 0.15) is 5.69 Å². The van der Waals surface area contributed by atoms with E-state index >= 15 is 0 Å². The zero-order valence-electron chi connectivity index (χ0n) is 18.3. The van der Waals surface area contributed by atoms with Crippen molar-refractivity contribution in [3.8, 4) is 33.1 Å². The summed E-state index contributed by atoms with van der Waals surface area (Å²) in [6.45, 7) is 0.857. The van der Waals surface area contributed by atoms with Gasteiger partial charge in [-0.15, -0.1) is 11.3 Å². The summed E-state index contributed by atoms with van der Waals surface area (Å²) in [5, 5.41) is 12.1. The van der Waals surface area contributed by atoms with Crippen LogP contribution in [-0.2, 0) is 6.54 Å². The Kier molecular flexibility index (Phi) is 4.78. The van der Waals surface area contributed by atoms with E-state index in [1.54, 1.807) is 11.3 Å². The number of fused-ring (bicyclic) bond motifs is 2. The minimum Gasteiger partial charge on any atom is -0.353 e. The summed E-state index contributed by atoms with van der Waals surface area (Å²) < 4.78 is 0. The van der Waals surface area contributed by atoms with Crippen molar-refractivity contribution >= 4 is 33.1 Å². The van der Waals surface area contributed by atoms with Gasteiger partial charge in [0, 0.05) is 47.0 Å². The minimum atomic E-state index is 0.857. The Bertz CT molecular complexity index is 1580. The van der Waals surface area contributed by atoms with Gasteiger partial charge in [0.25, 0.3) is 0 Å². The lowest BCUT2D eigenvalue weighted by Gasteiger charge is -2.10. The molecule has 5 aromatic heterocycles. The van der Waals surface area contributed by atoms with Crippen molar-refractivity contribution in [3.63, 3.8) is 0 Å². The smallest absolute Gasteiger partial charge is 0.116 e. The van der Waals surface area contributed by atoms with Crippen LogP contribution in [0.4, 0.5) is 0 Å². The molecule has 0 aliphatic rings. The van der Waals surface area contributed by atoms with E-state index in [1.165, 1.54) is 5.56 Å². The molecule has 0 radical (unpaired) electrons. The molecule has 5 heterocycles. The van der Waals surface area contributed by atoms with Crippen LogP contribution >= 0.6 is 11.3 Å². The highest BCUT2D eigenvalue weighted by Gasteiger charge is 2.15. The van der Waals surface area contributed by atoms with Crippen LogP contribution < -0.4 is 0 Å². The van der Waals surface area contributed by atoms with Gasteiger partial charge in [-0.25, -0.2) is 0 Å². The fourth-order valence-electron chi connectivity index (χ4n) is 4.29. The molecule has 33 heavy (non-hydrogen) atoms. The number of pyridine rings is 2. The van der Waals surface area contributed by atoms with Crippen LogP contribution in [0.25, 0.3) is 54.9 Å². The maximum absolute atomic E-state index is 4.65. The molecule has 0 amide bonds. The molecule has 0 bridgehead atoms. The maximum atomic E-state index is 4.65. The summed E-state index contributed by atoms with van der Waals surface area (Å²) >= 11 is 1.70. The molecule has 0 saturated carbocycles. The Labute approximate surface area is 195 Å². The summed E-state index contributed by atoms with van der Waals surface area (Å²) in [7, 11) is 4.13. The molecule has 6 nitrogen and oxygen atoms in total. The van der Waals surface area contributed by atoms with Crippen molar-refractivity contribution in [1.82, 2.24) is 30.0 Å². The van der Waals surface area contributed by atoms with Gasteiger partial charge in [0.05, 0.1) is 21.8 Å². The molecule has 0 saturated heterocycles. The first-order chi connectivity index (χ1) is 16.2. The Morgan fingerprint density at radius 1 is 0.909 bits per heavy atom. The normalized spacial score (nSPS) is 11.7. The number of aromatic amines is 2. The molecular formula is C26H22N6S. The molecule has 0 aliphatic heterocycles. The number of benzene rings is 1. The van der Waals surface area contributed by atoms with Crippen LogP contribution in [-0.4, -0.2) is 44.1 Å². The van der Waals surface area contributed by atoms with Crippen LogP contribution in [0.15, 0.2) is 72.5 Å². The van der Waals surface area contributed by atoms with Crippen LogP contribution in [0.1, 0.15) is 5.56 Å². The number of nitrogens with zero attached hydrogens (tertiary/aromatic N) is 4. The lowest BCUT2D eigenvalue weighted by molar-refractivity contribution is 0.402. The van der Waals surface area contributed by atoms with E-state index in [9.17, 15) is 0 Å². The minimum absolute atomic E-state index is 0.857. The van der Waals surface area contributed by atoms with E-state index in [4.69, 9.17) is 0 Å². The van der Waals surface area contributed by atoms with Crippen LogP contribution in [0.5, 0.6) is 0 Å². The zero-order valence-corrected chi connectivity index (χ0v) is 19.1. The van der Waals surface area contributed by atoms with Gasteiger partial charge in [0.15, 0.2) is 0 Å². The Morgan fingerprint density at radius 3 is 2.67 bits per heavy atom. The lowest BCUT2D eigenvalue weighted by Crippen LogP contribution is -2.10. The molecule has 162 valence electrons. The summed E-state index contributed by atoms with van der Waals surface area (Å²) in [5.41, 5.74) is 8.33. The van der Waals surface area contributed by atoms with Gasteiger partial charge in [-0.1, -0.05) is 12.1 Å².